The third-order valence-electron chi connectivity index (χ3n) is 2.93. The molecular formula is C11H16N6O2S. The zero-order chi connectivity index (χ0) is 14.9. The summed E-state index contributed by atoms with van der Waals surface area (Å²) in [5, 5.41) is 16.0. The number of nitrogens with zero attached hydrogens (tertiary/aromatic N) is 3. The van der Waals surface area contributed by atoms with Gasteiger partial charge in [0.2, 0.25) is 10.0 Å². The van der Waals surface area contributed by atoms with E-state index in [4.69, 9.17) is 10.9 Å². The third-order valence-corrected chi connectivity index (χ3v) is 3.97. The number of nitrogen functional groups attached to an aromatic ring is 1. The van der Waals surface area contributed by atoms with E-state index in [1.54, 1.807) is 23.9 Å². The van der Waals surface area contributed by atoms with E-state index in [1.807, 2.05) is 7.05 Å². The van der Waals surface area contributed by atoms with E-state index in [-0.39, 0.29) is 4.90 Å². The van der Waals surface area contributed by atoms with E-state index in [2.05, 4.69) is 15.5 Å². The molecule has 0 aliphatic carbocycles. The van der Waals surface area contributed by atoms with Crippen LogP contribution in [0.15, 0.2) is 23.4 Å². The Hall–Kier alpha value is -2.13. The SMILES string of the molecule is Cc1c(NCc2nncn2C)cc(N)cc1S(N)(=O)=O. The average molecular weight is 296 g/mol. The molecule has 0 amide bonds. The maximum absolute atomic E-state index is 11.5. The predicted molar refractivity (Wildman–Crippen MR) is 75.3 cm³/mol. The van der Waals surface area contributed by atoms with E-state index in [1.165, 1.54) is 6.07 Å². The van der Waals surface area contributed by atoms with Crippen LogP contribution in [0.25, 0.3) is 0 Å². The Labute approximate surface area is 116 Å². The van der Waals surface area contributed by atoms with E-state index >= 15 is 0 Å². The zero-order valence-corrected chi connectivity index (χ0v) is 12.0. The maximum atomic E-state index is 11.5. The molecule has 1 aromatic carbocycles. The van der Waals surface area contributed by atoms with Crippen LogP contribution in [0, 0.1) is 6.92 Å². The van der Waals surface area contributed by atoms with Gasteiger partial charge in [-0.15, -0.1) is 10.2 Å². The molecule has 0 saturated carbocycles. The highest BCUT2D eigenvalue weighted by Gasteiger charge is 2.15. The summed E-state index contributed by atoms with van der Waals surface area (Å²) in [4.78, 5) is 0.0120. The van der Waals surface area contributed by atoms with E-state index in [9.17, 15) is 8.42 Å². The van der Waals surface area contributed by atoms with Crippen molar-refractivity contribution in [1.82, 2.24) is 14.8 Å². The molecule has 8 nitrogen and oxygen atoms in total. The van der Waals surface area contributed by atoms with E-state index in [0.717, 1.165) is 0 Å². The minimum absolute atomic E-state index is 0.0120. The lowest BCUT2D eigenvalue weighted by molar-refractivity contribution is 0.597. The third kappa shape index (κ3) is 2.89. The van der Waals surface area contributed by atoms with E-state index < -0.39 is 10.0 Å². The molecule has 0 radical (unpaired) electrons. The molecule has 0 aliphatic heterocycles. The molecule has 1 heterocycles. The number of anilines is 2. The quantitative estimate of drug-likeness (QED) is 0.679. The van der Waals surface area contributed by atoms with Crippen LogP contribution in [0.1, 0.15) is 11.4 Å². The lowest BCUT2D eigenvalue weighted by atomic mass is 10.2. The minimum atomic E-state index is -3.81. The summed E-state index contributed by atoms with van der Waals surface area (Å²) in [5.41, 5.74) is 7.14. The number of aromatic nitrogens is 3. The van der Waals surface area contributed by atoms with Gasteiger partial charge >= 0.3 is 0 Å². The Bertz CT molecular complexity index is 737. The Morgan fingerprint density at radius 1 is 1.40 bits per heavy atom. The second-order valence-corrected chi connectivity index (χ2v) is 5.98. The van der Waals surface area contributed by atoms with E-state index in [0.29, 0.717) is 29.3 Å². The first kappa shape index (κ1) is 14.3. The lowest BCUT2D eigenvalue weighted by Crippen LogP contribution is -2.15. The second kappa shape index (κ2) is 5.10. The van der Waals surface area contributed by atoms with Crippen LogP contribution >= 0.6 is 0 Å². The van der Waals surface area contributed by atoms with Gasteiger partial charge in [0.15, 0.2) is 5.82 Å². The van der Waals surface area contributed by atoms with Crippen molar-refractivity contribution in [2.45, 2.75) is 18.4 Å². The highest BCUT2D eigenvalue weighted by Crippen LogP contribution is 2.26. The molecule has 0 unspecified atom stereocenters. The minimum Gasteiger partial charge on any atom is -0.399 e. The highest BCUT2D eigenvalue weighted by atomic mass is 32.2. The molecule has 2 aromatic rings. The van der Waals surface area contributed by atoms with Crippen LogP contribution in [0.5, 0.6) is 0 Å². The van der Waals surface area contributed by atoms with Gasteiger partial charge in [0.1, 0.15) is 6.33 Å². The fourth-order valence-electron chi connectivity index (χ4n) is 1.83. The standard InChI is InChI=1S/C11H16N6O2S/c1-7-9(14-5-11-16-15-6-17(11)2)3-8(12)4-10(7)20(13,18)19/h3-4,6,14H,5,12H2,1-2H3,(H2,13,18,19). The first-order valence-electron chi connectivity index (χ1n) is 5.78. The number of primary sulfonamides is 1. The number of nitrogens with two attached hydrogens (primary N) is 2. The van der Waals surface area contributed by atoms with Gasteiger partial charge in [-0.2, -0.15) is 0 Å². The summed E-state index contributed by atoms with van der Waals surface area (Å²) in [6, 6.07) is 3.00. The maximum Gasteiger partial charge on any atom is 0.238 e. The summed E-state index contributed by atoms with van der Waals surface area (Å²) in [5.74, 6) is 0.712. The number of hydrogen-bond donors (Lipinski definition) is 3. The smallest absolute Gasteiger partial charge is 0.238 e. The number of aryl methyl sites for hydroxylation is 1. The summed E-state index contributed by atoms with van der Waals surface area (Å²) in [7, 11) is -1.99. The number of sulfonamides is 1. The van der Waals surface area contributed by atoms with Gasteiger partial charge in [0.25, 0.3) is 0 Å². The topological polar surface area (TPSA) is 129 Å². The Balaban J connectivity index is 2.33. The number of rotatable bonds is 4. The molecule has 0 bridgehead atoms. The molecule has 2 rings (SSSR count). The van der Waals surface area contributed by atoms with Crippen molar-refractivity contribution in [3.63, 3.8) is 0 Å². The van der Waals surface area contributed by atoms with Gasteiger partial charge in [0.05, 0.1) is 11.4 Å². The van der Waals surface area contributed by atoms with Gasteiger partial charge in [-0.3, -0.25) is 0 Å². The lowest BCUT2D eigenvalue weighted by Gasteiger charge is -2.13. The molecule has 20 heavy (non-hydrogen) atoms. The molecule has 9 heteroatoms. The molecule has 0 atom stereocenters. The van der Waals surface area contributed by atoms with Crippen LogP contribution in [-0.2, 0) is 23.6 Å². The van der Waals surface area contributed by atoms with Crippen LogP contribution in [-0.4, -0.2) is 23.2 Å². The fraction of sp³-hybridized carbons (Fsp3) is 0.273. The first-order valence-corrected chi connectivity index (χ1v) is 7.33. The van der Waals surface area contributed by atoms with Gasteiger partial charge in [-0.1, -0.05) is 0 Å². The van der Waals surface area contributed by atoms with Crippen molar-refractivity contribution in [2.75, 3.05) is 11.1 Å². The Morgan fingerprint density at radius 2 is 2.10 bits per heavy atom. The summed E-state index contributed by atoms with van der Waals surface area (Å²) < 4.78 is 24.8. The van der Waals surface area contributed by atoms with Crippen LogP contribution in [0.4, 0.5) is 11.4 Å². The monoisotopic (exact) mass is 296 g/mol. The van der Waals surface area contributed by atoms with Crippen molar-refractivity contribution in [3.05, 3.63) is 29.8 Å². The predicted octanol–water partition coefficient (Wildman–Crippen LogP) is -0.0348. The van der Waals surface area contributed by atoms with Crippen molar-refractivity contribution in [1.29, 1.82) is 0 Å². The van der Waals surface area contributed by atoms with Crippen LogP contribution < -0.4 is 16.2 Å². The molecule has 5 N–H and O–H groups in total. The zero-order valence-electron chi connectivity index (χ0n) is 11.2. The van der Waals surface area contributed by atoms with Crippen molar-refractivity contribution < 1.29 is 8.42 Å². The van der Waals surface area contributed by atoms with Crippen molar-refractivity contribution >= 4 is 21.4 Å². The largest absolute Gasteiger partial charge is 0.399 e. The average Bonchev–Trinajstić information content (AvgIpc) is 2.74. The van der Waals surface area contributed by atoms with Gasteiger partial charge in [0, 0.05) is 18.4 Å². The fourth-order valence-corrected chi connectivity index (χ4v) is 2.67. The number of benzene rings is 1. The van der Waals surface area contributed by atoms with Gasteiger partial charge in [-0.05, 0) is 24.6 Å². The first-order chi connectivity index (χ1) is 9.29. The molecule has 108 valence electrons. The molecule has 0 fully saturated rings. The van der Waals surface area contributed by atoms with Gasteiger partial charge < -0.3 is 15.6 Å². The van der Waals surface area contributed by atoms with Crippen molar-refractivity contribution in [2.24, 2.45) is 12.2 Å². The Kier molecular flexibility index (Phi) is 3.64. The molecule has 0 saturated heterocycles. The number of nitrogens with one attached hydrogen (secondary N) is 1. The van der Waals surface area contributed by atoms with Gasteiger partial charge in [-0.25, -0.2) is 13.6 Å². The van der Waals surface area contributed by atoms with Crippen LogP contribution in [0.2, 0.25) is 0 Å². The normalized spacial score (nSPS) is 11.6. The molecular weight excluding hydrogens is 280 g/mol. The second-order valence-electron chi connectivity index (χ2n) is 4.45. The highest BCUT2D eigenvalue weighted by molar-refractivity contribution is 7.89. The summed E-state index contributed by atoms with van der Waals surface area (Å²) in [6.45, 7) is 2.06. The molecule has 0 spiro atoms. The summed E-state index contributed by atoms with van der Waals surface area (Å²) in [6.07, 6.45) is 1.58. The van der Waals surface area contributed by atoms with Crippen molar-refractivity contribution in [3.8, 4) is 0 Å². The number of hydrogen-bond acceptors (Lipinski definition) is 6. The van der Waals surface area contributed by atoms with Crippen LogP contribution in [0.3, 0.4) is 0 Å². The molecule has 0 aliphatic rings. The summed E-state index contributed by atoms with van der Waals surface area (Å²) >= 11 is 0. The molecule has 1 aromatic heterocycles. The Morgan fingerprint density at radius 3 is 2.65 bits per heavy atom.